The van der Waals surface area contributed by atoms with Crippen LogP contribution in [0.15, 0.2) is 0 Å². The van der Waals surface area contributed by atoms with Gasteiger partial charge in [-0.25, -0.2) is 0 Å². The third-order valence-corrected chi connectivity index (χ3v) is 4.09. The molecule has 0 fully saturated rings. The smallest absolute Gasteiger partial charge is 0.355 e. The van der Waals surface area contributed by atoms with Crippen LogP contribution < -0.4 is 0 Å². The Morgan fingerprint density at radius 2 is 1.47 bits per heavy atom. The van der Waals surface area contributed by atoms with Crippen LogP contribution in [0.1, 0.15) is 6.92 Å². The first-order valence-electron chi connectivity index (χ1n) is 4.29. The van der Waals surface area contributed by atoms with Crippen LogP contribution >= 0.6 is 18.7 Å². The van der Waals surface area contributed by atoms with E-state index >= 15 is 0 Å². The highest BCUT2D eigenvalue weighted by atomic mass is 35.5. The molecule has 0 aliphatic heterocycles. The fourth-order valence-corrected chi connectivity index (χ4v) is 3.29. The first-order valence-corrected chi connectivity index (χ1v) is 6.99. The maximum Gasteiger partial charge on any atom is 0.395 e. The standard InChI is InChI=1S/C7H10ClF6O2P/c1-5(8)16-4-17(15,2-6(9,10)11)3-7(12,13)14/h5H,2-4H2,1H3. The van der Waals surface area contributed by atoms with Gasteiger partial charge in [0.1, 0.15) is 19.1 Å². The summed E-state index contributed by atoms with van der Waals surface area (Å²) in [6.07, 6.45) is -15.1. The number of halogens is 7. The van der Waals surface area contributed by atoms with Gasteiger partial charge >= 0.3 is 12.4 Å². The fraction of sp³-hybridized carbons (Fsp3) is 1.00. The van der Waals surface area contributed by atoms with Crippen molar-refractivity contribution in [2.75, 3.05) is 18.7 Å². The van der Waals surface area contributed by atoms with E-state index < -0.39 is 43.7 Å². The zero-order valence-corrected chi connectivity index (χ0v) is 10.3. The minimum Gasteiger partial charge on any atom is -0.355 e. The zero-order chi connectivity index (χ0) is 13.9. The second-order valence-electron chi connectivity index (χ2n) is 3.44. The molecule has 0 radical (unpaired) electrons. The van der Waals surface area contributed by atoms with Gasteiger partial charge < -0.3 is 9.30 Å². The van der Waals surface area contributed by atoms with Gasteiger partial charge in [0, 0.05) is 0 Å². The summed E-state index contributed by atoms with van der Waals surface area (Å²) in [6.45, 7) is 1.20. The van der Waals surface area contributed by atoms with Gasteiger partial charge in [-0.3, -0.25) is 0 Å². The lowest BCUT2D eigenvalue weighted by Gasteiger charge is -2.21. The molecule has 0 aromatic heterocycles. The van der Waals surface area contributed by atoms with Crippen molar-refractivity contribution < 1.29 is 35.6 Å². The van der Waals surface area contributed by atoms with E-state index in [-0.39, 0.29) is 0 Å². The molecule has 0 N–H and O–H groups in total. The Bertz CT molecular complexity index is 267. The Morgan fingerprint density at radius 3 is 1.71 bits per heavy atom. The monoisotopic (exact) mass is 306 g/mol. The van der Waals surface area contributed by atoms with E-state index in [2.05, 4.69) is 4.74 Å². The van der Waals surface area contributed by atoms with E-state index in [4.69, 9.17) is 11.6 Å². The molecule has 10 heteroatoms. The van der Waals surface area contributed by atoms with Crippen LogP contribution in [0.3, 0.4) is 0 Å². The summed E-state index contributed by atoms with van der Waals surface area (Å²) in [4.78, 5) is 0. The molecule has 0 aromatic rings. The third-order valence-electron chi connectivity index (χ3n) is 1.47. The molecule has 2 nitrogen and oxygen atoms in total. The van der Waals surface area contributed by atoms with Gasteiger partial charge in [-0.15, -0.1) is 0 Å². The van der Waals surface area contributed by atoms with E-state index in [0.717, 1.165) is 0 Å². The van der Waals surface area contributed by atoms with E-state index in [1.807, 2.05) is 0 Å². The molecular formula is C7H10ClF6O2P. The molecule has 1 atom stereocenters. The van der Waals surface area contributed by atoms with E-state index in [0.29, 0.717) is 0 Å². The second kappa shape index (κ2) is 5.80. The molecule has 0 heterocycles. The molecule has 17 heavy (non-hydrogen) atoms. The molecular weight excluding hydrogens is 296 g/mol. The number of hydrogen-bond acceptors (Lipinski definition) is 2. The molecule has 0 saturated carbocycles. The van der Waals surface area contributed by atoms with Crippen molar-refractivity contribution in [2.24, 2.45) is 0 Å². The van der Waals surface area contributed by atoms with Crippen molar-refractivity contribution in [1.82, 2.24) is 0 Å². The molecule has 0 aliphatic carbocycles. The van der Waals surface area contributed by atoms with Gasteiger partial charge in [0.25, 0.3) is 0 Å². The summed E-state index contributed by atoms with van der Waals surface area (Å²) >= 11 is 5.22. The van der Waals surface area contributed by atoms with Gasteiger partial charge in [0.2, 0.25) is 0 Å². The third kappa shape index (κ3) is 9.73. The highest BCUT2D eigenvalue weighted by Gasteiger charge is 2.46. The molecule has 0 saturated heterocycles. The van der Waals surface area contributed by atoms with Crippen molar-refractivity contribution >= 4 is 18.7 Å². The maximum absolute atomic E-state index is 12.0. The molecule has 0 amide bonds. The lowest BCUT2D eigenvalue weighted by atomic mass is 10.8. The first kappa shape index (κ1) is 17.1. The van der Waals surface area contributed by atoms with Crippen LogP contribution in [0.2, 0.25) is 0 Å². The molecule has 0 bridgehead atoms. The minimum atomic E-state index is -4.94. The van der Waals surface area contributed by atoms with E-state index in [9.17, 15) is 30.9 Å². The van der Waals surface area contributed by atoms with Crippen molar-refractivity contribution in [1.29, 1.82) is 0 Å². The van der Waals surface area contributed by atoms with Crippen LogP contribution in [-0.4, -0.2) is 36.6 Å². The van der Waals surface area contributed by atoms with Crippen LogP contribution in [0.4, 0.5) is 26.3 Å². The number of ether oxygens (including phenoxy) is 1. The highest BCUT2D eigenvalue weighted by molar-refractivity contribution is 7.63. The molecule has 0 spiro atoms. The summed E-state index contributed by atoms with van der Waals surface area (Å²) in [7, 11) is -4.57. The minimum absolute atomic E-state index is 1.11. The quantitative estimate of drug-likeness (QED) is 0.435. The lowest BCUT2D eigenvalue weighted by molar-refractivity contribution is -0.113. The van der Waals surface area contributed by atoms with Gasteiger partial charge in [0.15, 0.2) is 0 Å². The first-order chi connectivity index (χ1) is 7.33. The normalized spacial score (nSPS) is 16.0. The summed E-state index contributed by atoms with van der Waals surface area (Å²) in [5.74, 6) is 0. The Balaban J connectivity index is 4.76. The average Bonchev–Trinajstić information content (AvgIpc) is 1.93. The zero-order valence-electron chi connectivity index (χ0n) is 8.61. The predicted molar refractivity (Wildman–Crippen MR) is 50.7 cm³/mol. The Hall–Kier alpha value is 0.0600. The lowest BCUT2D eigenvalue weighted by Crippen LogP contribution is -2.24. The second-order valence-corrected chi connectivity index (χ2v) is 7.06. The van der Waals surface area contributed by atoms with Crippen LogP contribution in [0, 0.1) is 0 Å². The van der Waals surface area contributed by atoms with Crippen molar-refractivity contribution in [3.8, 4) is 0 Å². The predicted octanol–water partition coefficient (Wildman–Crippen LogP) is 4.03. The highest BCUT2D eigenvalue weighted by Crippen LogP contribution is 2.53. The summed E-state index contributed by atoms with van der Waals surface area (Å²) < 4.78 is 88.1. The van der Waals surface area contributed by atoms with Gasteiger partial charge in [0.05, 0.1) is 12.3 Å². The van der Waals surface area contributed by atoms with Crippen LogP contribution in [0.25, 0.3) is 0 Å². The Kier molecular flexibility index (Phi) is 5.82. The molecule has 0 rings (SSSR count). The molecule has 104 valence electrons. The SMILES string of the molecule is CC(Cl)OCP(=O)(CC(F)(F)F)CC(F)(F)F. The molecule has 0 aromatic carbocycles. The number of alkyl halides is 7. The van der Waals surface area contributed by atoms with E-state index in [1.165, 1.54) is 6.92 Å². The maximum atomic E-state index is 12.0. The largest absolute Gasteiger partial charge is 0.395 e. The number of rotatable bonds is 5. The van der Waals surface area contributed by atoms with Crippen molar-refractivity contribution in [2.45, 2.75) is 24.8 Å². The number of hydrogen-bond donors (Lipinski definition) is 0. The Labute approximate surface area is 98.6 Å². The Morgan fingerprint density at radius 1 is 1.12 bits per heavy atom. The average molecular weight is 307 g/mol. The van der Waals surface area contributed by atoms with Gasteiger partial charge in [-0.05, 0) is 6.92 Å². The fourth-order valence-electron chi connectivity index (χ4n) is 1.04. The van der Waals surface area contributed by atoms with E-state index in [1.54, 1.807) is 0 Å². The topological polar surface area (TPSA) is 26.3 Å². The van der Waals surface area contributed by atoms with Crippen molar-refractivity contribution in [3.05, 3.63) is 0 Å². The van der Waals surface area contributed by atoms with Gasteiger partial charge in [-0.1, -0.05) is 11.6 Å². The summed E-state index contributed by atoms with van der Waals surface area (Å²) in [5.41, 5.74) is -1.11. The van der Waals surface area contributed by atoms with Crippen LogP contribution in [-0.2, 0) is 9.30 Å². The van der Waals surface area contributed by atoms with Gasteiger partial charge in [-0.2, -0.15) is 26.3 Å². The summed E-state index contributed by atoms with van der Waals surface area (Å²) in [6, 6.07) is 0. The summed E-state index contributed by atoms with van der Waals surface area (Å²) in [5, 5.41) is 0. The van der Waals surface area contributed by atoms with Crippen LogP contribution in [0.5, 0.6) is 0 Å². The molecule has 1 unspecified atom stereocenters. The van der Waals surface area contributed by atoms with Crippen molar-refractivity contribution in [3.63, 3.8) is 0 Å². The molecule has 0 aliphatic rings.